The number of carbonyl (C=O) groups is 2. The van der Waals surface area contributed by atoms with E-state index in [2.05, 4.69) is 10.6 Å². The van der Waals surface area contributed by atoms with Crippen LogP contribution in [0.15, 0.2) is 42.5 Å². The number of ether oxygens (including phenoxy) is 2. The molecular formula is C19H21N3O4. The summed E-state index contributed by atoms with van der Waals surface area (Å²) in [5, 5.41) is 5.52. The van der Waals surface area contributed by atoms with Crippen molar-refractivity contribution in [3.8, 4) is 11.5 Å². The molecule has 0 bridgehead atoms. The van der Waals surface area contributed by atoms with Gasteiger partial charge >= 0.3 is 6.03 Å². The predicted octanol–water partition coefficient (Wildman–Crippen LogP) is 3.47. The second-order valence-electron chi connectivity index (χ2n) is 5.84. The van der Waals surface area contributed by atoms with Gasteiger partial charge in [0.15, 0.2) is 0 Å². The molecule has 0 atom stereocenters. The summed E-state index contributed by atoms with van der Waals surface area (Å²) in [6.45, 7) is 0.649. The molecule has 26 heavy (non-hydrogen) atoms. The first kappa shape index (κ1) is 17.6. The zero-order valence-electron chi connectivity index (χ0n) is 14.7. The third-order valence-electron chi connectivity index (χ3n) is 4.15. The van der Waals surface area contributed by atoms with Crippen LogP contribution < -0.4 is 25.0 Å². The molecule has 0 unspecified atom stereocenters. The van der Waals surface area contributed by atoms with Crippen molar-refractivity contribution in [2.45, 2.75) is 12.8 Å². The Morgan fingerprint density at radius 1 is 1.00 bits per heavy atom. The highest BCUT2D eigenvalue weighted by molar-refractivity contribution is 6.01. The summed E-state index contributed by atoms with van der Waals surface area (Å²) in [7, 11) is 3.14. The van der Waals surface area contributed by atoms with Gasteiger partial charge in [-0.3, -0.25) is 4.79 Å². The van der Waals surface area contributed by atoms with E-state index in [9.17, 15) is 9.59 Å². The summed E-state index contributed by atoms with van der Waals surface area (Å²) < 4.78 is 10.4. The van der Waals surface area contributed by atoms with E-state index < -0.39 is 0 Å². The van der Waals surface area contributed by atoms with Crippen molar-refractivity contribution in [1.82, 2.24) is 0 Å². The Hall–Kier alpha value is -3.22. The van der Waals surface area contributed by atoms with E-state index in [0.29, 0.717) is 41.5 Å². The van der Waals surface area contributed by atoms with E-state index in [0.717, 1.165) is 6.42 Å². The first-order chi connectivity index (χ1) is 12.6. The lowest BCUT2D eigenvalue weighted by molar-refractivity contribution is -0.117. The molecule has 0 saturated carbocycles. The van der Waals surface area contributed by atoms with Crippen molar-refractivity contribution < 1.29 is 19.1 Å². The molecule has 3 amide bonds. The minimum absolute atomic E-state index is 0.0585. The number of hydrogen-bond donors (Lipinski definition) is 2. The highest BCUT2D eigenvalue weighted by Gasteiger charge is 2.24. The van der Waals surface area contributed by atoms with Gasteiger partial charge in [-0.1, -0.05) is 0 Å². The topological polar surface area (TPSA) is 79.9 Å². The number of hydrogen-bond acceptors (Lipinski definition) is 4. The van der Waals surface area contributed by atoms with Crippen LogP contribution in [0.4, 0.5) is 21.9 Å². The van der Waals surface area contributed by atoms with E-state index in [1.165, 1.54) is 0 Å². The van der Waals surface area contributed by atoms with Crippen LogP contribution in [0.1, 0.15) is 12.8 Å². The number of amides is 3. The van der Waals surface area contributed by atoms with Gasteiger partial charge in [-0.25, -0.2) is 4.79 Å². The molecule has 1 saturated heterocycles. The minimum atomic E-state index is -0.376. The molecule has 1 aliphatic rings. The second-order valence-corrected chi connectivity index (χ2v) is 5.84. The Labute approximate surface area is 151 Å². The first-order valence-electron chi connectivity index (χ1n) is 8.31. The fourth-order valence-corrected chi connectivity index (χ4v) is 2.85. The van der Waals surface area contributed by atoms with Crippen molar-refractivity contribution in [3.05, 3.63) is 42.5 Å². The quantitative estimate of drug-likeness (QED) is 0.861. The van der Waals surface area contributed by atoms with Crippen LogP contribution in [-0.4, -0.2) is 32.7 Å². The molecule has 2 N–H and O–H groups in total. The lowest BCUT2D eigenvalue weighted by Crippen LogP contribution is -2.25. The van der Waals surface area contributed by atoms with E-state index >= 15 is 0 Å². The van der Waals surface area contributed by atoms with Gasteiger partial charge in [0.1, 0.15) is 11.5 Å². The first-order valence-corrected chi connectivity index (χ1v) is 8.31. The normalized spacial score (nSPS) is 13.5. The van der Waals surface area contributed by atoms with Crippen LogP contribution in [0.25, 0.3) is 0 Å². The van der Waals surface area contributed by atoms with Gasteiger partial charge in [-0.15, -0.1) is 0 Å². The number of benzene rings is 2. The third kappa shape index (κ3) is 3.88. The Bertz CT molecular complexity index is 805. The number of urea groups is 1. The van der Waals surface area contributed by atoms with Crippen molar-refractivity contribution in [1.29, 1.82) is 0 Å². The Kier molecular flexibility index (Phi) is 5.26. The molecule has 1 fully saturated rings. The molecule has 3 rings (SSSR count). The Morgan fingerprint density at radius 2 is 1.69 bits per heavy atom. The monoisotopic (exact) mass is 355 g/mol. The van der Waals surface area contributed by atoms with Crippen LogP contribution in [0, 0.1) is 0 Å². The summed E-state index contributed by atoms with van der Waals surface area (Å²) in [6.07, 6.45) is 1.34. The number of anilines is 3. The van der Waals surface area contributed by atoms with E-state index in [4.69, 9.17) is 9.47 Å². The molecular weight excluding hydrogens is 334 g/mol. The highest BCUT2D eigenvalue weighted by Crippen LogP contribution is 2.34. The van der Waals surface area contributed by atoms with Gasteiger partial charge < -0.3 is 25.0 Å². The lowest BCUT2D eigenvalue weighted by atomic mass is 10.2. The molecule has 2 aromatic carbocycles. The molecule has 0 spiro atoms. The number of nitrogens with zero attached hydrogens (tertiary/aromatic N) is 1. The summed E-state index contributed by atoms with van der Waals surface area (Å²) in [5.74, 6) is 1.37. The predicted molar refractivity (Wildman–Crippen MR) is 100 cm³/mol. The van der Waals surface area contributed by atoms with Crippen molar-refractivity contribution >= 4 is 29.0 Å². The minimum Gasteiger partial charge on any atom is -0.497 e. The van der Waals surface area contributed by atoms with Gasteiger partial charge in [-0.2, -0.15) is 0 Å². The second kappa shape index (κ2) is 7.77. The number of rotatable bonds is 5. The summed E-state index contributed by atoms with van der Waals surface area (Å²) in [4.78, 5) is 25.9. The summed E-state index contributed by atoms with van der Waals surface area (Å²) in [5.41, 5.74) is 1.88. The van der Waals surface area contributed by atoms with Gasteiger partial charge in [-0.05, 0) is 48.9 Å². The molecule has 0 aliphatic carbocycles. The van der Waals surface area contributed by atoms with Gasteiger partial charge in [0.05, 0.1) is 19.9 Å². The maximum absolute atomic E-state index is 12.2. The number of carbonyl (C=O) groups excluding carboxylic acids is 2. The third-order valence-corrected chi connectivity index (χ3v) is 4.15. The van der Waals surface area contributed by atoms with Gasteiger partial charge in [0.2, 0.25) is 5.91 Å². The molecule has 2 aromatic rings. The zero-order valence-corrected chi connectivity index (χ0v) is 14.7. The van der Waals surface area contributed by atoms with Crippen molar-refractivity contribution in [2.24, 2.45) is 0 Å². The van der Waals surface area contributed by atoms with Crippen LogP contribution >= 0.6 is 0 Å². The summed E-state index contributed by atoms with van der Waals surface area (Å²) >= 11 is 0. The number of nitrogens with one attached hydrogen (secondary N) is 2. The molecule has 1 heterocycles. The molecule has 136 valence electrons. The SMILES string of the molecule is COc1ccc(NC(=O)Nc2ccc(OC)c(N3CCCC3=O)c2)cc1. The standard InChI is InChI=1S/C19H21N3O4/c1-25-15-8-5-13(6-9-15)20-19(24)21-14-7-10-17(26-2)16(12-14)22-11-3-4-18(22)23/h5-10,12H,3-4,11H2,1-2H3,(H2,20,21,24). The van der Waals surface area contributed by atoms with Crippen LogP contribution in [0.2, 0.25) is 0 Å². The van der Waals surface area contributed by atoms with E-state index in [1.807, 2.05) is 0 Å². The fourth-order valence-electron chi connectivity index (χ4n) is 2.85. The molecule has 1 aliphatic heterocycles. The zero-order chi connectivity index (χ0) is 18.5. The molecule has 0 aromatic heterocycles. The average molecular weight is 355 g/mol. The smallest absolute Gasteiger partial charge is 0.323 e. The Morgan fingerprint density at radius 3 is 2.31 bits per heavy atom. The van der Waals surface area contributed by atoms with Crippen LogP contribution in [0.3, 0.4) is 0 Å². The lowest BCUT2D eigenvalue weighted by Gasteiger charge is -2.20. The van der Waals surface area contributed by atoms with Crippen molar-refractivity contribution in [2.75, 3.05) is 36.3 Å². The average Bonchev–Trinajstić information content (AvgIpc) is 3.08. The van der Waals surface area contributed by atoms with Gasteiger partial charge in [0.25, 0.3) is 0 Å². The molecule has 7 heteroatoms. The highest BCUT2D eigenvalue weighted by atomic mass is 16.5. The van der Waals surface area contributed by atoms with E-state index in [1.54, 1.807) is 61.6 Å². The fraction of sp³-hybridized carbons (Fsp3) is 0.263. The van der Waals surface area contributed by atoms with Crippen molar-refractivity contribution in [3.63, 3.8) is 0 Å². The maximum Gasteiger partial charge on any atom is 0.323 e. The maximum atomic E-state index is 12.2. The van der Waals surface area contributed by atoms with E-state index in [-0.39, 0.29) is 11.9 Å². The molecule has 7 nitrogen and oxygen atoms in total. The molecule has 0 radical (unpaired) electrons. The van der Waals surface area contributed by atoms with Gasteiger partial charge in [0, 0.05) is 24.3 Å². The van der Waals surface area contributed by atoms with Crippen LogP contribution in [0.5, 0.6) is 11.5 Å². The van der Waals surface area contributed by atoms with Crippen LogP contribution in [-0.2, 0) is 4.79 Å². The Balaban J connectivity index is 1.72. The number of methoxy groups -OCH3 is 2. The summed E-state index contributed by atoms with van der Waals surface area (Å²) in [6, 6.07) is 11.9. The largest absolute Gasteiger partial charge is 0.497 e.